The largest absolute Gasteiger partial charge is 0.494 e. The van der Waals surface area contributed by atoms with E-state index < -0.39 is 0 Å². The van der Waals surface area contributed by atoms with E-state index >= 15 is 0 Å². The van der Waals surface area contributed by atoms with E-state index in [4.69, 9.17) is 9.47 Å². The molecule has 0 N–H and O–H groups in total. The van der Waals surface area contributed by atoms with Crippen LogP contribution in [-0.2, 0) is 9.53 Å². The van der Waals surface area contributed by atoms with Gasteiger partial charge in [-0.1, -0.05) is 18.2 Å². The van der Waals surface area contributed by atoms with Crippen LogP contribution in [-0.4, -0.2) is 44.2 Å². The molecule has 1 aromatic carbocycles. The zero-order valence-electron chi connectivity index (χ0n) is 13.5. The van der Waals surface area contributed by atoms with Gasteiger partial charge in [0, 0.05) is 33.2 Å². The van der Waals surface area contributed by atoms with Gasteiger partial charge >= 0.3 is 0 Å². The minimum atomic E-state index is 0.212. The maximum absolute atomic E-state index is 12.1. The molecule has 4 heteroatoms. The number of carbonyl (C=O) groups is 1. The lowest BCUT2D eigenvalue weighted by Gasteiger charge is -2.25. The summed E-state index contributed by atoms with van der Waals surface area (Å²) in [5.41, 5.74) is 0. The highest BCUT2D eigenvalue weighted by molar-refractivity contribution is 5.75. The lowest BCUT2D eigenvalue weighted by molar-refractivity contribution is -0.130. The second-order valence-corrected chi connectivity index (χ2v) is 5.92. The Balaban J connectivity index is 1.55. The number of benzene rings is 1. The van der Waals surface area contributed by atoms with E-state index in [1.165, 1.54) is 0 Å². The summed E-state index contributed by atoms with van der Waals surface area (Å²) in [7, 11) is 1.90. The molecule has 0 spiro atoms. The fourth-order valence-corrected chi connectivity index (χ4v) is 2.66. The van der Waals surface area contributed by atoms with Crippen LogP contribution in [0.2, 0.25) is 0 Å². The standard InChI is InChI=1S/C18H27NO3/c1-19(12-9-16-10-14-21-15-11-16)18(20)8-5-13-22-17-6-3-2-4-7-17/h2-4,6-7,16H,5,8-15H2,1H3. The van der Waals surface area contributed by atoms with E-state index in [0.717, 1.165) is 51.2 Å². The molecule has 1 amide bonds. The summed E-state index contributed by atoms with van der Waals surface area (Å²) >= 11 is 0. The number of hydrogen-bond donors (Lipinski definition) is 0. The minimum Gasteiger partial charge on any atom is -0.494 e. The molecule has 0 unspecified atom stereocenters. The first-order chi connectivity index (χ1) is 10.8. The Morgan fingerprint density at radius 3 is 2.73 bits per heavy atom. The van der Waals surface area contributed by atoms with E-state index in [9.17, 15) is 4.79 Å². The van der Waals surface area contributed by atoms with E-state index in [-0.39, 0.29) is 5.91 Å². The first-order valence-corrected chi connectivity index (χ1v) is 8.25. The Kier molecular flexibility index (Phi) is 7.23. The van der Waals surface area contributed by atoms with E-state index in [1.807, 2.05) is 42.3 Å². The summed E-state index contributed by atoms with van der Waals surface area (Å²) in [4.78, 5) is 13.9. The molecular formula is C18H27NO3. The number of carbonyl (C=O) groups excluding carboxylic acids is 1. The third-order valence-corrected chi connectivity index (χ3v) is 4.19. The third-order valence-electron chi connectivity index (χ3n) is 4.19. The highest BCUT2D eigenvalue weighted by Crippen LogP contribution is 2.18. The second-order valence-electron chi connectivity index (χ2n) is 5.92. The number of para-hydroxylation sites is 1. The molecule has 1 fully saturated rings. The Labute approximate surface area is 133 Å². The fourth-order valence-electron chi connectivity index (χ4n) is 2.66. The molecule has 0 aliphatic carbocycles. The molecule has 4 nitrogen and oxygen atoms in total. The lowest BCUT2D eigenvalue weighted by Crippen LogP contribution is -2.30. The second kappa shape index (κ2) is 9.46. The van der Waals surface area contributed by atoms with Crippen molar-refractivity contribution in [3.8, 4) is 5.75 Å². The fraction of sp³-hybridized carbons (Fsp3) is 0.611. The average molecular weight is 305 g/mol. The third kappa shape index (κ3) is 6.06. The number of hydrogen-bond acceptors (Lipinski definition) is 3. The van der Waals surface area contributed by atoms with Crippen molar-refractivity contribution in [2.45, 2.75) is 32.1 Å². The van der Waals surface area contributed by atoms with Crippen molar-refractivity contribution in [2.75, 3.05) is 33.4 Å². The first-order valence-electron chi connectivity index (χ1n) is 8.25. The monoisotopic (exact) mass is 305 g/mol. The van der Waals surface area contributed by atoms with Crippen LogP contribution in [0.5, 0.6) is 5.75 Å². The Morgan fingerprint density at radius 1 is 1.27 bits per heavy atom. The molecule has 1 aliphatic heterocycles. The molecular weight excluding hydrogens is 278 g/mol. The summed E-state index contributed by atoms with van der Waals surface area (Å²) in [6, 6.07) is 9.72. The van der Waals surface area contributed by atoms with E-state index in [1.54, 1.807) is 0 Å². The molecule has 1 heterocycles. The molecule has 0 radical (unpaired) electrons. The van der Waals surface area contributed by atoms with Crippen LogP contribution in [0.1, 0.15) is 32.1 Å². The number of ether oxygens (including phenoxy) is 2. The maximum atomic E-state index is 12.1. The van der Waals surface area contributed by atoms with Crippen LogP contribution in [0, 0.1) is 5.92 Å². The zero-order valence-corrected chi connectivity index (χ0v) is 13.5. The van der Waals surface area contributed by atoms with Gasteiger partial charge in [-0.3, -0.25) is 4.79 Å². The van der Waals surface area contributed by atoms with Crippen molar-refractivity contribution in [1.29, 1.82) is 0 Å². The Hall–Kier alpha value is -1.55. The van der Waals surface area contributed by atoms with Gasteiger partial charge in [0.15, 0.2) is 0 Å². The number of amides is 1. The van der Waals surface area contributed by atoms with Crippen LogP contribution in [0.15, 0.2) is 30.3 Å². The van der Waals surface area contributed by atoms with Crippen LogP contribution < -0.4 is 4.74 Å². The van der Waals surface area contributed by atoms with Gasteiger partial charge in [0.2, 0.25) is 5.91 Å². The van der Waals surface area contributed by atoms with Crippen molar-refractivity contribution in [2.24, 2.45) is 5.92 Å². The minimum absolute atomic E-state index is 0.212. The molecule has 0 atom stereocenters. The van der Waals surface area contributed by atoms with Crippen molar-refractivity contribution < 1.29 is 14.3 Å². The molecule has 0 bridgehead atoms. The van der Waals surface area contributed by atoms with Gasteiger partial charge < -0.3 is 14.4 Å². The topological polar surface area (TPSA) is 38.8 Å². The van der Waals surface area contributed by atoms with Crippen molar-refractivity contribution in [1.82, 2.24) is 4.90 Å². The van der Waals surface area contributed by atoms with Gasteiger partial charge in [-0.2, -0.15) is 0 Å². The van der Waals surface area contributed by atoms with Gasteiger partial charge in [0.25, 0.3) is 0 Å². The molecule has 1 aliphatic rings. The Bertz CT molecular complexity index is 429. The van der Waals surface area contributed by atoms with Gasteiger partial charge in [0.1, 0.15) is 5.75 Å². The quantitative estimate of drug-likeness (QED) is 0.693. The molecule has 1 aromatic rings. The highest BCUT2D eigenvalue weighted by Gasteiger charge is 2.16. The summed E-state index contributed by atoms with van der Waals surface area (Å²) in [6.45, 7) is 3.19. The van der Waals surface area contributed by atoms with Gasteiger partial charge in [0.05, 0.1) is 6.61 Å². The van der Waals surface area contributed by atoms with Crippen LogP contribution in [0.3, 0.4) is 0 Å². The summed E-state index contributed by atoms with van der Waals surface area (Å²) in [6.07, 6.45) is 4.67. The molecule has 0 saturated carbocycles. The summed E-state index contributed by atoms with van der Waals surface area (Å²) < 4.78 is 11.0. The lowest BCUT2D eigenvalue weighted by atomic mass is 9.96. The van der Waals surface area contributed by atoms with Gasteiger partial charge in [-0.15, -0.1) is 0 Å². The number of nitrogens with zero attached hydrogens (tertiary/aromatic N) is 1. The first kappa shape index (κ1) is 16.8. The normalized spacial score (nSPS) is 15.5. The maximum Gasteiger partial charge on any atom is 0.222 e. The predicted molar refractivity (Wildman–Crippen MR) is 87.0 cm³/mol. The Morgan fingerprint density at radius 2 is 2.00 bits per heavy atom. The van der Waals surface area contributed by atoms with Crippen LogP contribution >= 0.6 is 0 Å². The molecule has 1 saturated heterocycles. The zero-order chi connectivity index (χ0) is 15.6. The summed E-state index contributed by atoms with van der Waals surface area (Å²) in [5, 5.41) is 0. The highest BCUT2D eigenvalue weighted by atomic mass is 16.5. The SMILES string of the molecule is CN(CCC1CCOCC1)C(=O)CCCOc1ccccc1. The van der Waals surface area contributed by atoms with E-state index in [0.29, 0.717) is 18.9 Å². The van der Waals surface area contributed by atoms with Crippen molar-refractivity contribution in [3.05, 3.63) is 30.3 Å². The summed E-state index contributed by atoms with van der Waals surface area (Å²) in [5.74, 6) is 1.79. The van der Waals surface area contributed by atoms with Crippen molar-refractivity contribution >= 4 is 5.91 Å². The predicted octanol–water partition coefficient (Wildman–Crippen LogP) is 3.12. The smallest absolute Gasteiger partial charge is 0.222 e. The molecule has 122 valence electrons. The molecule has 2 rings (SSSR count). The molecule has 0 aromatic heterocycles. The van der Waals surface area contributed by atoms with Gasteiger partial charge in [-0.05, 0) is 43.7 Å². The molecule has 22 heavy (non-hydrogen) atoms. The number of rotatable bonds is 8. The van der Waals surface area contributed by atoms with Gasteiger partial charge in [-0.25, -0.2) is 0 Å². The average Bonchev–Trinajstić information content (AvgIpc) is 2.58. The van der Waals surface area contributed by atoms with Crippen molar-refractivity contribution in [3.63, 3.8) is 0 Å². The van der Waals surface area contributed by atoms with Crippen LogP contribution in [0.25, 0.3) is 0 Å². The van der Waals surface area contributed by atoms with E-state index in [2.05, 4.69) is 0 Å². The van der Waals surface area contributed by atoms with Crippen LogP contribution in [0.4, 0.5) is 0 Å².